The Hall–Kier alpha value is -3.82. The number of non-ortho nitro benzene ring substituents is 1. The SMILES string of the molecule is CC(/C=N/Nc1ccc([N+](=O)[O-])cc1[N+](=O)[O-])NC(=O)c1ccccc1. The van der Waals surface area contributed by atoms with Gasteiger partial charge < -0.3 is 5.32 Å². The zero-order valence-corrected chi connectivity index (χ0v) is 13.7. The molecule has 0 aliphatic heterocycles. The van der Waals surface area contributed by atoms with E-state index in [9.17, 15) is 25.0 Å². The minimum atomic E-state index is -0.745. The molecule has 2 N–H and O–H groups in total. The number of nitro benzene ring substituents is 2. The third kappa shape index (κ3) is 4.84. The Kier molecular flexibility index (Phi) is 5.93. The minimum Gasteiger partial charge on any atom is -0.345 e. The Balaban J connectivity index is 2.02. The number of hydrazone groups is 1. The van der Waals surface area contributed by atoms with Crippen LogP contribution in [0.15, 0.2) is 53.6 Å². The lowest BCUT2D eigenvalue weighted by Crippen LogP contribution is -2.33. The van der Waals surface area contributed by atoms with Gasteiger partial charge in [-0.25, -0.2) is 0 Å². The van der Waals surface area contributed by atoms with Crippen molar-refractivity contribution in [1.82, 2.24) is 5.32 Å². The first-order valence-electron chi connectivity index (χ1n) is 7.46. The van der Waals surface area contributed by atoms with Crippen LogP contribution in [0.3, 0.4) is 0 Å². The normalized spacial score (nSPS) is 11.7. The number of hydrogen-bond acceptors (Lipinski definition) is 7. The van der Waals surface area contributed by atoms with E-state index in [1.165, 1.54) is 12.3 Å². The molecule has 1 unspecified atom stereocenters. The highest BCUT2D eigenvalue weighted by Gasteiger charge is 2.19. The van der Waals surface area contributed by atoms with Crippen molar-refractivity contribution in [3.05, 3.63) is 74.3 Å². The summed E-state index contributed by atoms with van der Waals surface area (Å²) in [6, 6.07) is 11.3. The molecule has 0 saturated heterocycles. The number of benzene rings is 2. The molecule has 0 radical (unpaired) electrons. The van der Waals surface area contributed by atoms with Crippen LogP contribution in [0.1, 0.15) is 17.3 Å². The maximum absolute atomic E-state index is 12.0. The number of amides is 1. The van der Waals surface area contributed by atoms with Gasteiger partial charge in [-0.1, -0.05) is 18.2 Å². The molecule has 1 atom stereocenters. The van der Waals surface area contributed by atoms with Crippen LogP contribution in [0.4, 0.5) is 17.1 Å². The summed E-state index contributed by atoms with van der Waals surface area (Å²) in [5, 5.41) is 28.3. The second-order valence-corrected chi connectivity index (χ2v) is 5.23. The van der Waals surface area contributed by atoms with Crippen LogP contribution < -0.4 is 10.7 Å². The number of hydrogen-bond donors (Lipinski definition) is 2. The zero-order valence-electron chi connectivity index (χ0n) is 13.7. The molecule has 0 spiro atoms. The van der Waals surface area contributed by atoms with Gasteiger partial charge in [-0.3, -0.25) is 30.4 Å². The summed E-state index contributed by atoms with van der Waals surface area (Å²) < 4.78 is 0. The van der Waals surface area contributed by atoms with Crippen molar-refractivity contribution >= 4 is 29.2 Å². The first-order valence-corrected chi connectivity index (χ1v) is 7.46. The molecule has 2 rings (SSSR count). The van der Waals surface area contributed by atoms with E-state index in [1.807, 2.05) is 0 Å². The van der Waals surface area contributed by atoms with Gasteiger partial charge in [-0.2, -0.15) is 5.10 Å². The van der Waals surface area contributed by atoms with E-state index in [-0.39, 0.29) is 11.6 Å². The number of nitrogens with zero attached hydrogens (tertiary/aromatic N) is 3. The first kappa shape index (κ1) is 18.5. The van der Waals surface area contributed by atoms with Gasteiger partial charge in [0, 0.05) is 17.8 Å². The topological polar surface area (TPSA) is 140 Å². The maximum atomic E-state index is 12.0. The Morgan fingerprint density at radius 1 is 1.12 bits per heavy atom. The molecule has 0 bridgehead atoms. The summed E-state index contributed by atoms with van der Waals surface area (Å²) in [6.07, 6.45) is 1.35. The van der Waals surface area contributed by atoms with Crippen LogP contribution >= 0.6 is 0 Å². The van der Waals surface area contributed by atoms with Crippen molar-refractivity contribution in [2.45, 2.75) is 13.0 Å². The molecule has 26 heavy (non-hydrogen) atoms. The van der Waals surface area contributed by atoms with Gasteiger partial charge in [0.05, 0.1) is 22.0 Å². The average molecular weight is 357 g/mol. The van der Waals surface area contributed by atoms with Gasteiger partial charge >= 0.3 is 5.69 Å². The summed E-state index contributed by atoms with van der Waals surface area (Å²) in [6.45, 7) is 1.68. The molecule has 0 aromatic heterocycles. The largest absolute Gasteiger partial charge is 0.345 e. The Morgan fingerprint density at radius 2 is 1.81 bits per heavy atom. The molecule has 0 fully saturated rings. The third-order valence-corrected chi connectivity index (χ3v) is 3.27. The van der Waals surface area contributed by atoms with E-state index in [0.29, 0.717) is 5.56 Å². The second-order valence-electron chi connectivity index (χ2n) is 5.23. The lowest BCUT2D eigenvalue weighted by Gasteiger charge is -2.09. The Labute approximate surface area is 147 Å². The van der Waals surface area contributed by atoms with E-state index in [1.54, 1.807) is 37.3 Å². The minimum absolute atomic E-state index is 0.00145. The smallest absolute Gasteiger partial charge is 0.301 e. The van der Waals surface area contributed by atoms with E-state index < -0.39 is 27.3 Å². The van der Waals surface area contributed by atoms with Crippen molar-refractivity contribution in [3.63, 3.8) is 0 Å². The van der Waals surface area contributed by atoms with Gasteiger partial charge in [-0.05, 0) is 25.1 Å². The molecule has 10 heteroatoms. The second kappa shape index (κ2) is 8.33. The highest BCUT2D eigenvalue weighted by molar-refractivity contribution is 5.95. The highest BCUT2D eigenvalue weighted by atomic mass is 16.6. The van der Waals surface area contributed by atoms with Crippen molar-refractivity contribution in [1.29, 1.82) is 0 Å². The first-order chi connectivity index (χ1) is 12.4. The average Bonchev–Trinajstić information content (AvgIpc) is 2.62. The van der Waals surface area contributed by atoms with Crippen LogP contribution in [0.2, 0.25) is 0 Å². The predicted molar refractivity (Wildman–Crippen MR) is 95.2 cm³/mol. The highest BCUT2D eigenvalue weighted by Crippen LogP contribution is 2.28. The lowest BCUT2D eigenvalue weighted by atomic mass is 10.2. The van der Waals surface area contributed by atoms with Crippen LogP contribution in [0.25, 0.3) is 0 Å². The lowest BCUT2D eigenvalue weighted by molar-refractivity contribution is -0.393. The fourth-order valence-electron chi connectivity index (χ4n) is 2.01. The van der Waals surface area contributed by atoms with Crippen molar-refractivity contribution < 1.29 is 14.6 Å². The standard InChI is InChI=1S/C16H15N5O5/c1-11(18-16(22)12-5-3-2-4-6-12)10-17-19-14-8-7-13(20(23)24)9-15(14)21(25)26/h2-11,19H,1H3,(H,18,22)/b17-10+. The number of carbonyl (C=O) groups is 1. The van der Waals surface area contributed by atoms with E-state index in [2.05, 4.69) is 15.8 Å². The van der Waals surface area contributed by atoms with Crippen LogP contribution in [0, 0.1) is 20.2 Å². The van der Waals surface area contributed by atoms with E-state index in [0.717, 1.165) is 12.1 Å². The van der Waals surface area contributed by atoms with Crippen LogP contribution in [-0.4, -0.2) is 28.0 Å². The molecule has 0 aliphatic carbocycles. The van der Waals surface area contributed by atoms with Crippen molar-refractivity contribution in [2.24, 2.45) is 5.10 Å². The van der Waals surface area contributed by atoms with Gasteiger partial charge in [0.15, 0.2) is 0 Å². The maximum Gasteiger partial charge on any atom is 0.301 e. The van der Waals surface area contributed by atoms with Crippen LogP contribution in [0.5, 0.6) is 0 Å². The van der Waals surface area contributed by atoms with Crippen molar-refractivity contribution in [3.8, 4) is 0 Å². The molecular weight excluding hydrogens is 342 g/mol. The summed E-state index contributed by atoms with van der Waals surface area (Å²) in [5.41, 5.74) is 2.08. The molecule has 0 aliphatic rings. The molecule has 2 aromatic carbocycles. The molecule has 0 heterocycles. The van der Waals surface area contributed by atoms with Crippen molar-refractivity contribution in [2.75, 3.05) is 5.43 Å². The monoisotopic (exact) mass is 357 g/mol. The fraction of sp³-hybridized carbons (Fsp3) is 0.125. The summed E-state index contributed by atoms with van der Waals surface area (Å²) in [7, 11) is 0. The number of nitro groups is 2. The molecular formula is C16H15N5O5. The zero-order chi connectivity index (χ0) is 19.1. The molecule has 0 saturated carbocycles. The number of nitrogens with one attached hydrogen (secondary N) is 2. The number of rotatable bonds is 7. The molecule has 1 amide bonds. The van der Waals surface area contributed by atoms with E-state index in [4.69, 9.17) is 0 Å². The Bertz CT molecular complexity index is 853. The number of anilines is 1. The van der Waals surface area contributed by atoms with Gasteiger partial charge in [0.2, 0.25) is 0 Å². The van der Waals surface area contributed by atoms with Gasteiger partial charge in [-0.15, -0.1) is 0 Å². The predicted octanol–water partition coefficient (Wildman–Crippen LogP) is 2.72. The van der Waals surface area contributed by atoms with Crippen LogP contribution in [-0.2, 0) is 0 Å². The Morgan fingerprint density at radius 3 is 2.42 bits per heavy atom. The number of carbonyl (C=O) groups excluding carboxylic acids is 1. The molecule has 10 nitrogen and oxygen atoms in total. The summed E-state index contributed by atoms with van der Waals surface area (Å²) in [4.78, 5) is 32.3. The van der Waals surface area contributed by atoms with E-state index >= 15 is 0 Å². The fourth-order valence-corrected chi connectivity index (χ4v) is 2.01. The molecule has 2 aromatic rings. The summed E-state index contributed by atoms with van der Waals surface area (Å²) >= 11 is 0. The molecule has 134 valence electrons. The quantitative estimate of drug-likeness (QED) is 0.443. The third-order valence-electron chi connectivity index (χ3n) is 3.27. The van der Waals surface area contributed by atoms with Gasteiger partial charge in [0.1, 0.15) is 5.69 Å². The summed E-state index contributed by atoms with van der Waals surface area (Å²) in [5.74, 6) is -0.286. The van der Waals surface area contributed by atoms with Gasteiger partial charge in [0.25, 0.3) is 11.6 Å².